The summed E-state index contributed by atoms with van der Waals surface area (Å²) in [7, 11) is 3.34. The summed E-state index contributed by atoms with van der Waals surface area (Å²) in [4.78, 5) is 20.4. The van der Waals surface area contributed by atoms with Crippen molar-refractivity contribution < 1.29 is 42.3 Å². The Hall–Kier alpha value is -3.98. The molecule has 72 heavy (non-hydrogen) atoms. The fourth-order valence-electron chi connectivity index (χ4n) is 12.3. The molecule has 3 heterocycles. The van der Waals surface area contributed by atoms with Gasteiger partial charge in [-0.05, 0) is 125 Å². The van der Waals surface area contributed by atoms with Crippen LogP contribution in [-0.4, -0.2) is 64.8 Å². The zero-order valence-electron chi connectivity index (χ0n) is 39.8. The fourth-order valence-corrected chi connectivity index (χ4v) is 14.7. The second-order valence-corrected chi connectivity index (χ2v) is 23.4. The number of benzene rings is 3. The molecule has 12 nitrogen and oxygen atoms in total. The van der Waals surface area contributed by atoms with E-state index >= 15 is 0 Å². The van der Waals surface area contributed by atoms with E-state index in [1.165, 1.54) is 17.4 Å². The van der Waals surface area contributed by atoms with E-state index in [4.69, 9.17) is 81.0 Å². The van der Waals surface area contributed by atoms with Gasteiger partial charge in [0, 0.05) is 64.8 Å². The Morgan fingerprint density at radius 1 is 0.722 bits per heavy atom. The second kappa shape index (κ2) is 19.9. The third-order valence-electron chi connectivity index (χ3n) is 15.9. The molecule has 4 bridgehead atoms. The lowest BCUT2D eigenvalue weighted by Gasteiger charge is -2.47. The van der Waals surface area contributed by atoms with Gasteiger partial charge in [-0.1, -0.05) is 68.8 Å². The van der Waals surface area contributed by atoms with E-state index in [9.17, 15) is 14.3 Å². The molecule has 18 heteroatoms. The predicted molar refractivity (Wildman–Crippen MR) is 272 cm³/mol. The topological polar surface area (TPSA) is 144 Å². The van der Waals surface area contributed by atoms with Crippen molar-refractivity contribution in [3.8, 4) is 22.5 Å². The maximum absolute atomic E-state index is 14.8. The zero-order valence-corrected chi connectivity index (χ0v) is 43.6. The molecule has 378 valence electrons. The highest BCUT2D eigenvalue weighted by Crippen LogP contribution is 2.60. The van der Waals surface area contributed by atoms with Crippen molar-refractivity contribution in [1.29, 1.82) is 0 Å². The van der Waals surface area contributed by atoms with Crippen molar-refractivity contribution >= 4 is 79.4 Å². The number of aliphatic hydroxyl groups is 1. The molecule has 0 saturated heterocycles. The van der Waals surface area contributed by atoms with Gasteiger partial charge in [0.15, 0.2) is 5.69 Å². The Bertz CT molecular complexity index is 3020. The Labute approximate surface area is 440 Å². The number of rotatable bonds is 15. The number of thiazole rings is 1. The van der Waals surface area contributed by atoms with Crippen molar-refractivity contribution in [3.05, 3.63) is 114 Å². The molecular formula is C54H53Cl4FN4O8S. The Balaban J connectivity index is 0.000000165. The number of ketones is 1. The van der Waals surface area contributed by atoms with E-state index < -0.39 is 22.6 Å². The summed E-state index contributed by atoms with van der Waals surface area (Å²) in [5.74, 6) is 2.05. The molecule has 6 fully saturated rings. The number of hydrogen-bond acceptors (Lipinski definition) is 12. The van der Waals surface area contributed by atoms with Crippen LogP contribution in [0, 0.1) is 36.1 Å². The number of aromatic nitrogens is 3. The fraction of sp³-hybridized carbons (Fsp3) is 0.500. The van der Waals surface area contributed by atoms with Crippen LogP contribution >= 0.6 is 57.7 Å². The number of carbonyl (C=O) groups is 1. The van der Waals surface area contributed by atoms with E-state index in [2.05, 4.69) is 20.1 Å². The van der Waals surface area contributed by atoms with Crippen LogP contribution in [0.5, 0.6) is 0 Å². The van der Waals surface area contributed by atoms with Crippen LogP contribution in [0.15, 0.2) is 57.6 Å². The van der Waals surface area contributed by atoms with Gasteiger partial charge in [0.05, 0.1) is 64.3 Å². The summed E-state index contributed by atoms with van der Waals surface area (Å²) in [5, 5.41) is 23.5. The SMILES string of the molecule is COCC1(OCc2c(-c3c(Cl)cccc3Cl)noc2C2CC2)C[C@H]2CC[C@@H](C1)C2=O.[C-]#[N+]c1cc(F)c2nc(C3(O)[C@@H]4CC[C@H]3CC(COC)(OCc3c(-c5c(Cl)cccc5Cl)noc3C3CC3)C4)sc2c1. The molecule has 0 amide bonds. The van der Waals surface area contributed by atoms with Crippen LogP contribution in [0.2, 0.25) is 20.1 Å². The minimum absolute atomic E-state index is 0.0850. The van der Waals surface area contributed by atoms with Gasteiger partial charge in [-0.15, -0.1) is 11.3 Å². The lowest BCUT2D eigenvalue weighted by atomic mass is 9.68. The van der Waals surface area contributed by atoms with E-state index in [1.54, 1.807) is 50.6 Å². The molecule has 3 aromatic heterocycles. The van der Waals surface area contributed by atoms with Gasteiger partial charge >= 0.3 is 0 Å². The first-order valence-electron chi connectivity index (χ1n) is 24.6. The summed E-state index contributed by atoms with van der Waals surface area (Å²) < 4.78 is 51.6. The molecule has 3 unspecified atom stereocenters. The Morgan fingerprint density at radius 2 is 1.18 bits per heavy atom. The number of hydrogen-bond donors (Lipinski definition) is 1. The smallest absolute Gasteiger partial charge is 0.191 e. The Morgan fingerprint density at radius 3 is 1.62 bits per heavy atom. The molecular weight excluding hydrogens is 1030 g/mol. The third kappa shape index (κ3) is 9.22. The van der Waals surface area contributed by atoms with Gasteiger partial charge in [0.2, 0.25) is 0 Å². The molecule has 0 radical (unpaired) electrons. The first-order chi connectivity index (χ1) is 34.8. The number of Topliss-reactive ketones (excluding diaryl/α,β-unsaturated/α-hetero) is 1. The van der Waals surface area contributed by atoms with E-state index in [-0.39, 0.29) is 41.5 Å². The molecule has 7 atom stereocenters. The molecule has 6 saturated carbocycles. The first-order valence-corrected chi connectivity index (χ1v) is 27.0. The second-order valence-electron chi connectivity index (χ2n) is 20.7. The largest absolute Gasteiger partial charge is 0.382 e. The van der Waals surface area contributed by atoms with Crippen LogP contribution in [0.25, 0.3) is 37.6 Å². The molecule has 0 aliphatic heterocycles. The van der Waals surface area contributed by atoms with Crippen LogP contribution in [-0.2, 0) is 42.6 Å². The van der Waals surface area contributed by atoms with Gasteiger partial charge in [0.1, 0.15) is 50.6 Å². The summed E-state index contributed by atoms with van der Waals surface area (Å²) in [6.45, 7) is 8.67. The van der Waals surface area contributed by atoms with Crippen LogP contribution in [0.4, 0.5) is 10.1 Å². The van der Waals surface area contributed by atoms with Gasteiger partial charge in [-0.2, -0.15) is 0 Å². The van der Waals surface area contributed by atoms with Crippen molar-refractivity contribution in [2.24, 2.45) is 23.7 Å². The zero-order chi connectivity index (χ0) is 50.1. The number of ether oxygens (including phenoxy) is 4. The highest BCUT2D eigenvalue weighted by atomic mass is 35.5. The van der Waals surface area contributed by atoms with Gasteiger partial charge in [-0.3, -0.25) is 4.79 Å². The van der Waals surface area contributed by atoms with Crippen molar-refractivity contribution in [2.45, 2.75) is 119 Å². The number of fused-ring (bicyclic) bond motifs is 5. The van der Waals surface area contributed by atoms with Crippen LogP contribution < -0.4 is 0 Å². The summed E-state index contributed by atoms with van der Waals surface area (Å²) in [6.07, 6.45) is 10.2. The summed E-state index contributed by atoms with van der Waals surface area (Å²) in [5.41, 5.74) is 2.37. The highest BCUT2D eigenvalue weighted by Gasteiger charge is 2.61. The van der Waals surface area contributed by atoms with Crippen molar-refractivity contribution in [1.82, 2.24) is 15.3 Å². The maximum Gasteiger partial charge on any atom is 0.191 e. The predicted octanol–water partition coefficient (Wildman–Crippen LogP) is 14.3. The van der Waals surface area contributed by atoms with E-state index in [0.29, 0.717) is 115 Å². The minimum Gasteiger partial charge on any atom is -0.382 e. The molecule has 6 aliphatic rings. The third-order valence-corrected chi connectivity index (χ3v) is 18.4. The first kappa shape index (κ1) is 50.2. The van der Waals surface area contributed by atoms with Crippen LogP contribution in [0.3, 0.4) is 0 Å². The summed E-state index contributed by atoms with van der Waals surface area (Å²) in [6, 6.07) is 13.6. The monoisotopic (exact) mass is 1080 g/mol. The molecule has 3 aromatic carbocycles. The molecule has 6 aliphatic carbocycles. The quantitative estimate of drug-likeness (QED) is 0.0982. The van der Waals surface area contributed by atoms with Gasteiger partial charge in [-0.25, -0.2) is 14.2 Å². The number of nitrogens with zero attached hydrogens (tertiary/aromatic N) is 4. The maximum atomic E-state index is 14.8. The van der Waals surface area contributed by atoms with Gasteiger partial charge < -0.3 is 33.1 Å². The van der Waals surface area contributed by atoms with Crippen LogP contribution in [0.1, 0.15) is 117 Å². The highest BCUT2D eigenvalue weighted by molar-refractivity contribution is 7.18. The van der Waals surface area contributed by atoms with Crippen molar-refractivity contribution in [3.63, 3.8) is 0 Å². The van der Waals surface area contributed by atoms with E-state index in [0.717, 1.165) is 74.0 Å². The van der Waals surface area contributed by atoms with E-state index in [1.807, 2.05) is 6.07 Å². The average Bonchev–Trinajstić information content (AvgIpc) is 4.23. The molecule has 0 spiro atoms. The average molecular weight is 1080 g/mol. The lowest BCUT2D eigenvalue weighted by Crippen LogP contribution is -2.52. The Kier molecular flexibility index (Phi) is 13.9. The number of halogens is 5. The normalized spacial score (nSPS) is 27.6. The van der Waals surface area contributed by atoms with Crippen molar-refractivity contribution in [2.75, 3.05) is 27.4 Å². The number of carbonyl (C=O) groups excluding carboxylic acids is 1. The molecule has 1 N–H and O–H groups in total. The number of methoxy groups -OCH3 is 2. The minimum atomic E-state index is -1.21. The standard InChI is InChI=1S/C31H28Cl2FN3O4S.C23H25Cl2NO4/c1-35-19-10-23(34)27-24(11-19)42-29(36-27)31(38)17-8-9-18(31)13-30(12-17,15-39-2)40-14-20-26(37-41-28(20)16-6-7-16)25-21(32)4-3-5-22(25)33;1-28-12-23(9-14-7-8-15(10-23)21(14)27)29-11-16-20(26-30-22(16)13-5-6-13)19-17(24)3-2-4-18(19)25/h3-5,10-11,16-18,38H,6-9,12-15H2,2H3;2-4,13-15H,5-12H2,1H3/t17-,18+,30?,31?;14-,15+,23?. The molecule has 6 aromatic rings. The lowest BCUT2D eigenvalue weighted by molar-refractivity contribution is -0.183. The summed E-state index contributed by atoms with van der Waals surface area (Å²) >= 11 is 27.3. The molecule has 12 rings (SSSR count). The van der Waals surface area contributed by atoms with Gasteiger partial charge in [0.25, 0.3) is 0 Å².